The van der Waals surface area contributed by atoms with Crippen LogP contribution in [0.3, 0.4) is 0 Å². The summed E-state index contributed by atoms with van der Waals surface area (Å²) in [6.45, 7) is 1.32. The van der Waals surface area contributed by atoms with Crippen LogP contribution in [0.1, 0.15) is 19.8 Å². The average Bonchev–Trinajstić information content (AvgIpc) is 2.56. The van der Waals surface area contributed by atoms with Crippen molar-refractivity contribution in [2.75, 3.05) is 5.75 Å². The third kappa shape index (κ3) is 9.18. The van der Waals surface area contributed by atoms with Gasteiger partial charge in [-0.25, -0.2) is 4.79 Å². The lowest BCUT2D eigenvalue weighted by molar-refractivity contribution is -0.144. The first-order valence-corrected chi connectivity index (χ1v) is 8.52. The van der Waals surface area contributed by atoms with Crippen molar-refractivity contribution in [3.8, 4) is 0 Å². The number of thiol groups is 1. The molecule has 4 amide bonds. The second-order valence-electron chi connectivity index (χ2n) is 5.76. The van der Waals surface area contributed by atoms with Crippen LogP contribution in [-0.4, -0.2) is 75.7 Å². The average molecular weight is 421 g/mol. The van der Waals surface area contributed by atoms with Crippen LogP contribution in [0.2, 0.25) is 0 Å². The van der Waals surface area contributed by atoms with Crippen molar-refractivity contribution in [1.82, 2.24) is 16.0 Å². The van der Waals surface area contributed by atoms with E-state index in [1.165, 1.54) is 6.92 Å². The number of carbonyl (C=O) groups is 6. The van der Waals surface area contributed by atoms with E-state index in [-0.39, 0.29) is 5.75 Å². The summed E-state index contributed by atoms with van der Waals surface area (Å²) in [6.07, 6.45) is -1.47. The quantitative estimate of drug-likeness (QED) is 0.144. The molecule has 9 N–H and O–H groups in total. The number of hydrogen-bond acceptors (Lipinski definition) is 8. The lowest BCUT2D eigenvalue weighted by atomic mass is 10.1. The summed E-state index contributed by atoms with van der Waals surface area (Å²) in [4.78, 5) is 68.9. The number of carboxylic acids is 2. The van der Waals surface area contributed by atoms with Gasteiger partial charge in [-0.15, -0.1) is 0 Å². The van der Waals surface area contributed by atoms with Gasteiger partial charge >= 0.3 is 11.9 Å². The van der Waals surface area contributed by atoms with Gasteiger partial charge < -0.3 is 37.6 Å². The minimum atomic E-state index is -1.63. The monoisotopic (exact) mass is 421 g/mol. The predicted octanol–water partition coefficient (Wildman–Crippen LogP) is -3.85. The summed E-state index contributed by atoms with van der Waals surface area (Å²) in [5.74, 6) is -6.99. The molecule has 13 nitrogen and oxygen atoms in total. The normalized spacial score (nSPS) is 14.7. The molecule has 4 atom stereocenters. The van der Waals surface area contributed by atoms with Crippen molar-refractivity contribution in [1.29, 1.82) is 0 Å². The van der Waals surface area contributed by atoms with E-state index >= 15 is 0 Å². The number of carbonyl (C=O) groups excluding carboxylic acids is 4. The van der Waals surface area contributed by atoms with Gasteiger partial charge in [0.05, 0.1) is 18.9 Å². The fourth-order valence-corrected chi connectivity index (χ4v) is 2.08. The van der Waals surface area contributed by atoms with E-state index in [9.17, 15) is 28.8 Å². The largest absolute Gasteiger partial charge is 0.481 e. The summed E-state index contributed by atoms with van der Waals surface area (Å²) in [6, 6.07) is -5.56. The number of nitrogens with one attached hydrogen (secondary N) is 3. The van der Waals surface area contributed by atoms with Gasteiger partial charge in [0.2, 0.25) is 23.6 Å². The van der Waals surface area contributed by atoms with Gasteiger partial charge in [-0.2, -0.15) is 12.6 Å². The van der Waals surface area contributed by atoms with E-state index in [1.807, 2.05) is 5.32 Å². The van der Waals surface area contributed by atoms with Gasteiger partial charge in [0.1, 0.15) is 18.1 Å². The topological polar surface area (TPSA) is 231 Å². The minimum Gasteiger partial charge on any atom is -0.481 e. The van der Waals surface area contributed by atoms with Crippen molar-refractivity contribution in [3.63, 3.8) is 0 Å². The maximum atomic E-state index is 12.3. The predicted molar refractivity (Wildman–Crippen MR) is 97.0 cm³/mol. The summed E-state index contributed by atoms with van der Waals surface area (Å²) < 4.78 is 0. The van der Waals surface area contributed by atoms with E-state index in [4.69, 9.17) is 21.7 Å². The SMILES string of the molecule is CC(N)C(=O)NC(CC(=O)O)C(=O)NC(CS)C(=O)NC(CC(N)=O)C(=O)O. The number of nitrogens with two attached hydrogens (primary N) is 2. The van der Waals surface area contributed by atoms with Gasteiger partial charge in [-0.1, -0.05) is 0 Å². The highest BCUT2D eigenvalue weighted by Gasteiger charge is 2.30. The fraction of sp³-hybridized carbons (Fsp3) is 0.571. The molecule has 158 valence electrons. The van der Waals surface area contributed by atoms with E-state index in [0.29, 0.717) is 0 Å². The molecule has 28 heavy (non-hydrogen) atoms. The molecular weight excluding hydrogens is 398 g/mol. The molecule has 14 heteroatoms. The highest BCUT2D eigenvalue weighted by molar-refractivity contribution is 7.80. The molecule has 0 aromatic rings. The molecule has 0 aliphatic heterocycles. The number of aliphatic carboxylic acids is 2. The molecule has 4 unspecified atom stereocenters. The van der Waals surface area contributed by atoms with Gasteiger partial charge in [-0.05, 0) is 6.92 Å². The minimum absolute atomic E-state index is 0.290. The van der Waals surface area contributed by atoms with Gasteiger partial charge in [0.15, 0.2) is 0 Å². The Morgan fingerprint density at radius 2 is 1.32 bits per heavy atom. The van der Waals surface area contributed by atoms with Crippen LogP contribution in [0.25, 0.3) is 0 Å². The third-order valence-electron chi connectivity index (χ3n) is 3.26. The fourth-order valence-electron chi connectivity index (χ4n) is 1.83. The molecule has 0 heterocycles. The van der Waals surface area contributed by atoms with Gasteiger partial charge in [0, 0.05) is 5.75 Å². The summed E-state index contributed by atoms with van der Waals surface area (Å²) in [5.41, 5.74) is 10.3. The van der Waals surface area contributed by atoms with E-state index in [0.717, 1.165) is 0 Å². The Morgan fingerprint density at radius 1 is 0.857 bits per heavy atom. The Labute approximate surface area is 165 Å². The first-order valence-electron chi connectivity index (χ1n) is 7.89. The Kier molecular flexibility index (Phi) is 10.6. The smallest absolute Gasteiger partial charge is 0.326 e. The number of rotatable bonds is 12. The summed E-state index contributed by atoms with van der Waals surface area (Å²) in [7, 11) is 0. The van der Waals surface area contributed by atoms with Gasteiger partial charge in [-0.3, -0.25) is 24.0 Å². The van der Waals surface area contributed by atoms with E-state index in [1.54, 1.807) is 0 Å². The second kappa shape index (κ2) is 11.8. The zero-order valence-corrected chi connectivity index (χ0v) is 15.8. The van der Waals surface area contributed by atoms with Crippen molar-refractivity contribution < 1.29 is 39.0 Å². The maximum absolute atomic E-state index is 12.3. The van der Waals surface area contributed by atoms with E-state index < -0.39 is 72.6 Å². The molecule has 0 spiro atoms. The van der Waals surface area contributed by atoms with Crippen molar-refractivity contribution in [3.05, 3.63) is 0 Å². The highest BCUT2D eigenvalue weighted by atomic mass is 32.1. The summed E-state index contributed by atoms with van der Waals surface area (Å²) >= 11 is 3.88. The zero-order valence-electron chi connectivity index (χ0n) is 14.9. The maximum Gasteiger partial charge on any atom is 0.326 e. The molecule has 0 rings (SSSR count). The summed E-state index contributed by atoms with van der Waals surface area (Å²) in [5, 5.41) is 24.2. The van der Waals surface area contributed by atoms with Crippen LogP contribution in [0.5, 0.6) is 0 Å². The van der Waals surface area contributed by atoms with Crippen molar-refractivity contribution in [2.45, 2.75) is 43.9 Å². The van der Waals surface area contributed by atoms with Crippen LogP contribution in [0.4, 0.5) is 0 Å². The Morgan fingerprint density at radius 3 is 1.71 bits per heavy atom. The van der Waals surface area contributed by atoms with Crippen LogP contribution >= 0.6 is 12.6 Å². The second-order valence-corrected chi connectivity index (χ2v) is 6.13. The lowest BCUT2D eigenvalue weighted by Gasteiger charge is -2.23. The molecule has 0 saturated carbocycles. The van der Waals surface area contributed by atoms with Crippen LogP contribution in [-0.2, 0) is 28.8 Å². The number of amides is 4. The number of primary amides is 1. The van der Waals surface area contributed by atoms with E-state index in [2.05, 4.69) is 23.3 Å². The Balaban J connectivity index is 5.19. The van der Waals surface area contributed by atoms with Gasteiger partial charge in [0.25, 0.3) is 0 Å². The zero-order chi connectivity index (χ0) is 22.0. The highest BCUT2D eigenvalue weighted by Crippen LogP contribution is 1.99. The molecule has 0 aromatic carbocycles. The Bertz CT molecular complexity index is 641. The first-order chi connectivity index (χ1) is 12.9. The van der Waals surface area contributed by atoms with Crippen LogP contribution in [0, 0.1) is 0 Å². The van der Waals surface area contributed by atoms with Crippen molar-refractivity contribution >= 4 is 48.2 Å². The molecule has 0 bridgehead atoms. The molecular formula is C14H23N5O8S. The van der Waals surface area contributed by atoms with Crippen LogP contribution < -0.4 is 27.4 Å². The molecule has 0 aliphatic carbocycles. The standard InChI is InChI=1S/C14H23N5O8S/c1-5(15)11(23)17-6(3-10(21)22)12(24)19-8(4-28)13(25)18-7(14(26)27)2-9(16)20/h5-8,28H,2-4,15H2,1H3,(H2,16,20)(H,17,23)(H,18,25)(H,19,24)(H,21,22)(H,26,27). The molecule has 0 radical (unpaired) electrons. The lowest BCUT2D eigenvalue weighted by Crippen LogP contribution is -2.58. The van der Waals surface area contributed by atoms with Crippen LogP contribution in [0.15, 0.2) is 0 Å². The molecule has 0 aromatic heterocycles. The first kappa shape index (κ1) is 25.1. The molecule has 0 fully saturated rings. The third-order valence-corrected chi connectivity index (χ3v) is 3.63. The number of hydrogen-bond donors (Lipinski definition) is 8. The molecule has 0 saturated heterocycles. The molecule has 0 aliphatic rings. The Hall–Kier alpha value is -2.87. The number of carboxylic acid groups (broad SMARTS) is 2. The van der Waals surface area contributed by atoms with Crippen molar-refractivity contribution in [2.24, 2.45) is 11.5 Å².